The maximum atomic E-state index is 8.93. The van der Waals surface area contributed by atoms with Gasteiger partial charge >= 0.3 is 0 Å². The van der Waals surface area contributed by atoms with Crippen molar-refractivity contribution in [1.29, 1.82) is 0 Å². The first-order valence-electron chi connectivity index (χ1n) is 0.901. The largest absolute Gasteiger partial charge is 0.419 e. The molecule has 0 atom stereocenters. The normalized spacial score (nSPS) is 3.33. The molecule has 0 rings (SSSR count). The standard InChI is InChI=1S/C3H3O.2Mo/c1-2-3-4;;/h2H,1H2;;/q-1;;. The molecule has 0 amide bonds. The smallest absolute Gasteiger partial charge is 0 e. The average Bonchev–Trinajstić information content (AvgIpc) is 1.37. The minimum atomic E-state index is 0. The van der Waals surface area contributed by atoms with E-state index in [-0.39, 0.29) is 42.1 Å². The number of rotatable bonds is 1. The summed E-state index contributed by atoms with van der Waals surface area (Å²) in [5, 5.41) is 0. The SMILES string of the molecule is C=C[C-]=O.[Mo].[Mo]. The maximum Gasteiger partial charge on any atom is 0 e. The fourth-order valence-corrected chi connectivity index (χ4v) is 0. The van der Waals surface area contributed by atoms with E-state index in [1.54, 1.807) is 0 Å². The first-order valence-corrected chi connectivity index (χ1v) is 0.901. The van der Waals surface area contributed by atoms with Crippen LogP contribution in [0.5, 0.6) is 0 Å². The van der Waals surface area contributed by atoms with Crippen molar-refractivity contribution in [2.45, 2.75) is 0 Å². The maximum absolute atomic E-state index is 8.93. The van der Waals surface area contributed by atoms with Crippen LogP contribution in [0, 0.1) is 0 Å². The van der Waals surface area contributed by atoms with Crippen molar-refractivity contribution < 1.29 is 46.9 Å². The summed E-state index contributed by atoms with van der Waals surface area (Å²) in [7, 11) is 0. The van der Waals surface area contributed by atoms with Crippen molar-refractivity contribution in [2.24, 2.45) is 0 Å². The summed E-state index contributed by atoms with van der Waals surface area (Å²) in [6, 6.07) is 0. The Morgan fingerprint density at radius 2 is 1.67 bits per heavy atom. The van der Waals surface area contributed by atoms with E-state index in [0.717, 1.165) is 6.08 Å². The molecule has 6 heavy (non-hydrogen) atoms. The van der Waals surface area contributed by atoms with Crippen LogP contribution in [0.1, 0.15) is 0 Å². The van der Waals surface area contributed by atoms with Crippen LogP contribution in [0.4, 0.5) is 0 Å². The second-order valence-electron chi connectivity index (χ2n) is 0.322. The van der Waals surface area contributed by atoms with Crippen molar-refractivity contribution in [3.05, 3.63) is 12.7 Å². The molecule has 3 heteroatoms. The van der Waals surface area contributed by atoms with Crippen LogP contribution in [0.15, 0.2) is 12.7 Å². The molecule has 0 spiro atoms. The molecule has 0 aromatic heterocycles. The van der Waals surface area contributed by atoms with Crippen molar-refractivity contribution >= 4 is 6.29 Å². The summed E-state index contributed by atoms with van der Waals surface area (Å²) in [6.07, 6.45) is 2.51. The third-order valence-electron chi connectivity index (χ3n) is 0.0833. The van der Waals surface area contributed by atoms with Gasteiger partial charge in [0.15, 0.2) is 0 Å². The monoisotopic (exact) mass is 251 g/mol. The van der Waals surface area contributed by atoms with E-state index in [0.29, 0.717) is 0 Å². The minimum absolute atomic E-state index is 0. The Balaban J connectivity index is -0.0000000450. The van der Waals surface area contributed by atoms with Gasteiger partial charge in [-0.05, 0) is 6.29 Å². The molecule has 34 valence electrons. The van der Waals surface area contributed by atoms with Gasteiger partial charge in [0.1, 0.15) is 0 Å². The van der Waals surface area contributed by atoms with Crippen LogP contribution in [0.25, 0.3) is 0 Å². The molecule has 0 radical (unpaired) electrons. The summed E-state index contributed by atoms with van der Waals surface area (Å²) in [5.74, 6) is 0. The number of carbonyl (C=O) groups excluding carboxylic acids is 1. The Kier molecular flexibility index (Phi) is 45.1. The Bertz CT molecular complexity index is 29.8. The van der Waals surface area contributed by atoms with Crippen LogP contribution in [0.2, 0.25) is 0 Å². The Labute approximate surface area is 65.7 Å². The Morgan fingerprint density at radius 1 is 1.50 bits per heavy atom. The van der Waals surface area contributed by atoms with Gasteiger partial charge in [-0.15, -0.1) is 0 Å². The van der Waals surface area contributed by atoms with Crippen LogP contribution in [0.3, 0.4) is 0 Å². The first kappa shape index (κ1) is 15.8. The van der Waals surface area contributed by atoms with Crippen LogP contribution in [-0.2, 0) is 46.9 Å². The summed E-state index contributed by atoms with van der Waals surface area (Å²) in [6.45, 7) is 3.06. The fourth-order valence-electron chi connectivity index (χ4n) is 0. The molecule has 0 aromatic rings. The molecular formula is C3H3Mo2O-. The first-order chi connectivity index (χ1) is 1.91. The Morgan fingerprint density at radius 3 is 1.67 bits per heavy atom. The van der Waals surface area contributed by atoms with Gasteiger partial charge in [0, 0.05) is 42.1 Å². The van der Waals surface area contributed by atoms with E-state index in [1.807, 2.05) is 0 Å². The van der Waals surface area contributed by atoms with Crippen molar-refractivity contribution in [1.82, 2.24) is 0 Å². The minimum Gasteiger partial charge on any atom is -0.419 e. The van der Waals surface area contributed by atoms with Crippen LogP contribution >= 0.6 is 0 Å². The zero-order valence-corrected chi connectivity index (χ0v) is 7.02. The number of hydrogen-bond acceptors (Lipinski definition) is 1. The molecule has 0 aliphatic carbocycles. The molecule has 0 unspecified atom stereocenters. The van der Waals surface area contributed by atoms with Crippen LogP contribution in [-0.4, -0.2) is 6.29 Å². The number of allylic oxidation sites excluding steroid dienone is 1. The summed E-state index contributed by atoms with van der Waals surface area (Å²) in [4.78, 5) is 8.93. The van der Waals surface area contributed by atoms with Crippen molar-refractivity contribution in [2.75, 3.05) is 0 Å². The molecule has 0 aromatic carbocycles. The molecule has 0 bridgehead atoms. The molecular weight excluding hydrogens is 244 g/mol. The van der Waals surface area contributed by atoms with E-state index < -0.39 is 0 Å². The quantitative estimate of drug-likeness (QED) is 0.369. The third-order valence-corrected chi connectivity index (χ3v) is 0.0833. The molecule has 1 nitrogen and oxygen atoms in total. The van der Waals surface area contributed by atoms with E-state index in [1.165, 1.54) is 6.29 Å². The average molecular weight is 247 g/mol. The predicted octanol–water partition coefficient (Wildman–Crippen LogP) is 0.277. The second kappa shape index (κ2) is 17.1. The molecule has 0 aliphatic heterocycles. The van der Waals surface area contributed by atoms with Gasteiger partial charge in [-0.3, -0.25) is 0 Å². The van der Waals surface area contributed by atoms with E-state index in [9.17, 15) is 0 Å². The zero-order valence-electron chi connectivity index (χ0n) is 3.01. The molecule has 0 fully saturated rings. The van der Waals surface area contributed by atoms with Crippen LogP contribution < -0.4 is 0 Å². The van der Waals surface area contributed by atoms with Gasteiger partial charge in [-0.25, -0.2) is 12.7 Å². The van der Waals surface area contributed by atoms with E-state index >= 15 is 0 Å². The third kappa shape index (κ3) is 21.5. The zero-order chi connectivity index (χ0) is 3.41. The van der Waals surface area contributed by atoms with Gasteiger partial charge < -0.3 is 4.79 Å². The summed E-state index contributed by atoms with van der Waals surface area (Å²) in [5.41, 5.74) is 0. The van der Waals surface area contributed by atoms with Gasteiger partial charge in [0.05, 0.1) is 0 Å². The van der Waals surface area contributed by atoms with E-state index in [4.69, 9.17) is 4.79 Å². The summed E-state index contributed by atoms with van der Waals surface area (Å²) < 4.78 is 0. The molecule has 0 saturated heterocycles. The fraction of sp³-hybridized carbons (Fsp3) is 0. The predicted molar refractivity (Wildman–Crippen MR) is 15.9 cm³/mol. The molecule has 0 aliphatic rings. The van der Waals surface area contributed by atoms with Crippen molar-refractivity contribution in [3.63, 3.8) is 0 Å². The topological polar surface area (TPSA) is 17.1 Å². The van der Waals surface area contributed by atoms with Crippen molar-refractivity contribution in [3.8, 4) is 0 Å². The van der Waals surface area contributed by atoms with Gasteiger partial charge in [0.25, 0.3) is 0 Å². The van der Waals surface area contributed by atoms with Gasteiger partial charge in [-0.1, -0.05) is 0 Å². The second-order valence-corrected chi connectivity index (χ2v) is 0.322. The van der Waals surface area contributed by atoms with Gasteiger partial charge in [-0.2, -0.15) is 0 Å². The number of hydrogen-bond donors (Lipinski definition) is 0. The molecule has 0 saturated carbocycles. The molecule has 0 heterocycles. The Hall–Kier alpha value is 0.787. The van der Waals surface area contributed by atoms with E-state index in [2.05, 4.69) is 6.58 Å². The summed E-state index contributed by atoms with van der Waals surface area (Å²) >= 11 is 0. The van der Waals surface area contributed by atoms with Gasteiger partial charge in [0.2, 0.25) is 0 Å². The molecule has 0 N–H and O–H groups in total.